The summed E-state index contributed by atoms with van der Waals surface area (Å²) >= 11 is 0. The largest absolute Gasteiger partial charge is 0.496 e. The summed E-state index contributed by atoms with van der Waals surface area (Å²) in [4.78, 5) is 0. The molecule has 3 rings (SSSR count). The second-order valence-corrected chi connectivity index (χ2v) is 5.81. The van der Waals surface area contributed by atoms with Crippen molar-refractivity contribution in [1.82, 2.24) is 5.32 Å². The average Bonchev–Trinajstić information content (AvgIpc) is 2.54. The molecular weight excluding hydrogens is 262 g/mol. The number of hydrogen-bond acceptors (Lipinski definition) is 3. The van der Waals surface area contributed by atoms with Gasteiger partial charge in [0.1, 0.15) is 5.75 Å². The van der Waals surface area contributed by atoms with Crippen LogP contribution < -0.4 is 10.1 Å². The van der Waals surface area contributed by atoms with E-state index in [4.69, 9.17) is 4.74 Å². The molecule has 1 aliphatic rings. The van der Waals surface area contributed by atoms with Crippen molar-refractivity contribution in [3.05, 3.63) is 42.0 Å². The third kappa shape index (κ3) is 3.04. The van der Waals surface area contributed by atoms with Crippen molar-refractivity contribution >= 4 is 10.8 Å². The van der Waals surface area contributed by atoms with Gasteiger partial charge < -0.3 is 15.2 Å². The van der Waals surface area contributed by atoms with Crippen molar-refractivity contribution in [3.8, 4) is 5.75 Å². The Labute approximate surface area is 125 Å². The Morgan fingerprint density at radius 1 is 1.10 bits per heavy atom. The minimum atomic E-state index is -0.205. The third-order valence-corrected chi connectivity index (χ3v) is 4.48. The molecule has 112 valence electrons. The number of rotatable bonds is 4. The molecule has 1 fully saturated rings. The molecule has 2 aromatic rings. The van der Waals surface area contributed by atoms with Crippen LogP contribution in [-0.2, 0) is 6.54 Å². The summed E-state index contributed by atoms with van der Waals surface area (Å²) in [5.41, 5.74) is 1.25. The van der Waals surface area contributed by atoms with E-state index in [-0.39, 0.29) is 12.1 Å². The van der Waals surface area contributed by atoms with Gasteiger partial charge in [0.25, 0.3) is 0 Å². The summed E-state index contributed by atoms with van der Waals surface area (Å²) < 4.78 is 5.43. The second-order valence-electron chi connectivity index (χ2n) is 5.81. The third-order valence-electron chi connectivity index (χ3n) is 4.48. The molecule has 1 aliphatic carbocycles. The smallest absolute Gasteiger partial charge is 0.126 e. The first-order valence-electron chi connectivity index (χ1n) is 7.75. The number of hydrogen-bond donors (Lipinski definition) is 2. The van der Waals surface area contributed by atoms with Crippen LogP contribution >= 0.6 is 0 Å². The van der Waals surface area contributed by atoms with E-state index in [0.717, 1.165) is 36.9 Å². The standard InChI is InChI=1S/C18H23NO2/c1-21-18-11-10-13(14-6-2-3-7-15(14)18)12-19-16-8-4-5-9-17(16)20/h2-3,6-7,10-11,16-17,19-20H,4-5,8-9,12H2,1H3. The van der Waals surface area contributed by atoms with Crippen LogP contribution in [0.15, 0.2) is 36.4 Å². The predicted octanol–water partition coefficient (Wildman–Crippen LogP) is 3.24. The van der Waals surface area contributed by atoms with E-state index in [1.54, 1.807) is 7.11 Å². The van der Waals surface area contributed by atoms with E-state index in [2.05, 4.69) is 29.6 Å². The van der Waals surface area contributed by atoms with Gasteiger partial charge in [-0.05, 0) is 29.9 Å². The zero-order valence-corrected chi connectivity index (χ0v) is 12.5. The Morgan fingerprint density at radius 2 is 1.86 bits per heavy atom. The minimum Gasteiger partial charge on any atom is -0.496 e. The van der Waals surface area contributed by atoms with Crippen molar-refractivity contribution in [2.75, 3.05) is 7.11 Å². The fourth-order valence-corrected chi connectivity index (χ4v) is 3.26. The molecule has 0 amide bonds. The number of aliphatic hydroxyl groups excluding tert-OH is 1. The van der Waals surface area contributed by atoms with Crippen LogP contribution in [0.5, 0.6) is 5.75 Å². The fourth-order valence-electron chi connectivity index (χ4n) is 3.26. The number of aliphatic hydroxyl groups is 1. The lowest BCUT2D eigenvalue weighted by atomic mass is 9.92. The molecule has 3 nitrogen and oxygen atoms in total. The van der Waals surface area contributed by atoms with Crippen molar-refractivity contribution < 1.29 is 9.84 Å². The Morgan fingerprint density at radius 3 is 2.62 bits per heavy atom. The minimum absolute atomic E-state index is 0.205. The molecule has 21 heavy (non-hydrogen) atoms. The number of fused-ring (bicyclic) bond motifs is 1. The highest BCUT2D eigenvalue weighted by atomic mass is 16.5. The van der Waals surface area contributed by atoms with Crippen LogP contribution in [0.2, 0.25) is 0 Å². The lowest BCUT2D eigenvalue weighted by Crippen LogP contribution is -2.41. The molecule has 0 aromatic heterocycles. The quantitative estimate of drug-likeness (QED) is 0.906. The Hall–Kier alpha value is -1.58. The van der Waals surface area contributed by atoms with Gasteiger partial charge in [0.15, 0.2) is 0 Å². The van der Waals surface area contributed by atoms with Gasteiger partial charge in [-0.1, -0.05) is 43.2 Å². The van der Waals surface area contributed by atoms with Crippen molar-refractivity contribution in [2.45, 2.75) is 44.4 Å². The Kier molecular flexibility index (Phi) is 4.42. The van der Waals surface area contributed by atoms with Crippen LogP contribution in [0, 0.1) is 0 Å². The molecule has 2 unspecified atom stereocenters. The zero-order valence-electron chi connectivity index (χ0n) is 12.5. The highest BCUT2D eigenvalue weighted by molar-refractivity contribution is 5.91. The number of methoxy groups -OCH3 is 1. The lowest BCUT2D eigenvalue weighted by molar-refractivity contribution is 0.0903. The molecule has 0 bridgehead atoms. The van der Waals surface area contributed by atoms with Gasteiger partial charge >= 0.3 is 0 Å². The summed E-state index contributed by atoms with van der Waals surface area (Å²) in [7, 11) is 1.71. The maximum absolute atomic E-state index is 10.1. The van der Waals surface area contributed by atoms with Crippen LogP contribution in [0.25, 0.3) is 10.8 Å². The normalized spacial score (nSPS) is 22.4. The molecule has 2 aromatic carbocycles. The highest BCUT2D eigenvalue weighted by Gasteiger charge is 2.22. The molecule has 0 spiro atoms. The van der Waals surface area contributed by atoms with Crippen molar-refractivity contribution in [1.29, 1.82) is 0 Å². The zero-order chi connectivity index (χ0) is 14.7. The van der Waals surface area contributed by atoms with Crippen molar-refractivity contribution in [2.24, 2.45) is 0 Å². The molecule has 0 radical (unpaired) electrons. The average molecular weight is 285 g/mol. The first-order valence-corrected chi connectivity index (χ1v) is 7.75. The van der Waals surface area contributed by atoms with E-state index >= 15 is 0 Å². The first kappa shape index (κ1) is 14.4. The van der Waals surface area contributed by atoms with E-state index in [0.29, 0.717) is 0 Å². The monoisotopic (exact) mass is 285 g/mol. The van der Waals surface area contributed by atoms with E-state index in [9.17, 15) is 5.11 Å². The molecule has 0 heterocycles. The molecule has 0 aliphatic heterocycles. The van der Waals surface area contributed by atoms with Gasteiger partial charge in [-0.3, -0.25) is 0 Å². The molecule has 1 saturated carbocycles. The van der Waals surface area contributed by atoms with Gasteiger partial charge in [-0.15, -0.1) is 0 Å². The summed E-state index contributed by atoms with van der Waals surface area (Å²) in [5, 5.41) is 15.9. The molecule has 2 atom stereocenters. The van der Waals surface area contributed by atoms with Crippen LogP contribution in [0.3, 0.4) is 0 Å². The van der Waals surface area contributed by atoms with Gasteiger partial charge in [0.05, 0.1) is 13.2 Å². The first-order chi connectivity index (χ1) is 10.3. The molecular formula is C18H23NO2. The SMILES string of the molecule is COc1ccc(CNC2CCCCC2O)c2ccccc12. The molecule has 0 saturated heterocycles. The highest BCUT2D eigenvalue weighted by Crippen LogP contribution is 2.28. The summed E-state index contributed by atoms with van der Waals surface area (Å²) in [6.07, 6.45) is 4.13. The summed E-state index contributed by atoms with van der Waals surface area (Å²) in [6, 6.07) is 12.7. The Balaban J connectivity index is 1.81. The second kappa shape index (κ2) is 6.46. The van der Waals surface area contributed by atoms with E-state index in [1.165, 1.54) is 17.4 Å². The van der Waals surface area contributed by atoms with Gasteiger partial charge in [-0.2, -0.15) is 0 Å². The number of ether oxygens (including phenoxy) is 1. The number of nitrogens with one attached hydrogen (secondary N) is 1. The predicted molar refractivity (Wildman–Crippen MR) is 85.6 cm³/mol. The summed E-state index contributed by atoms with van der Waals surface area (Å²) in [5.74, 6) is 0.909. The van der Waals surface area contributed by atoms with Gasteiger partial charge in [0.2, 0.25) is 0 Å². The maximum atomic E-state index is 10.1. The topological polar surface area (TPSA) is 41.5 Å². The van der Waals surface area contributed by atoms with Crippen LogP contribution in [-0.4, -0.2) is 24.4 Å². The number of benzene rings is 2. The van der Waals surface area contributed by atoms with Crippen LogP contribution in [0.1, 0.15) is 31.2 Å². The van der Waals surface area contributed by atoms with Crippen molar-refractivity contribution in [3.63, 3.8) is 0 Å². The van der Waals surface area contributed by atoms with Crippen LogP contribution in [0.4, 0.5) is 0 Å². The lowest BCUT2D eigenvalue weighted by Gasteiger charge is -2.28. The van der Waals surface area contributed by atoms with E-state index < -0.39 is 0 Å². The maximum Gasteiger partial charge on any atom is 0.126 e. The Bertz CT molecular complexity index is 611. The molecule has 3 heteroatoms. The summed E-state index contributed by atoms with van der Waals surface area (Å²) in [6.45, 7) is 0.784. The van der Waals surface area contributed by atoms with E-state index in [1.807, 2.05) is 12.1 Å². The fraction of sp³-hybridized carbons (Fsp3) is 0.444. The van der Waals surface area contributed by atoms with Gasteiger partial charge in [0, 0.05) is 18.0 Å². The van der Waals surface area contributed by atoms with Gasteiger partial charge in [-0.25, -0.2) is 0 Å². The molecule has 2 N–H and O–H groups in total.